The second kappa shape index (κ2) is 8.60. The number of hydrogen-bond donors (Lipinski definition) is 1. The third-order valence-electron chi connectivity index (χ3n) is 5.50. The first-order valence-electron chi connectivity index (χ1n) is 10.6. The predicted octanol–water partition coefficient (Wildman–Crippen LogP) is 5.29. The highest BCUT2D eigenvalue weighted by atomic mass is 19.1. The zero-order valence-corrected chi connectivity index (χ0v) is 18.2. The van der Waals surface area contributed by atoms with Gasteiger partial charge in [0.25, 0.3) is 5.56 Å². The molecule has 0 bridgehead atoms. The Bertz CT molecular complexity index is 1660. The molecule has 34 heavy (non-hydrogen) atoms. The van der Waals surface area contributed by atoms with Gasteiger partial charge in [0.1, 0.15) is 17.6 Å². The summed E-state index contributed by atoms with van der Waals surface area (Å²) in [6.07, 6.45) is 3.37. The lowest BCUT2D eigenvalue weighted by Gasteiger charge is -2.04. The number of nitriles is 1. The lowest BCUT2D eigenvalue weighted by atomic mass is 10.0. The van der Waals surface area contributed by atoms with Crippen LogP contribution in [0.3, 0.4) is 0 Å². The summed E-state index contributed by atoms with van der Waals surface area (Å²) in [6.45, 7) is 1.69. The second-order valence-corrected chi connectivity index (χ2v) is 7.78. The van der Waals surface area contributed by atoms with Gasteiger partial charge in [-0.05, 0) is 48.9 Å². The van der Waals surface area contributed by atoms with Crippen LogP contribution in [-0.2, 0) is 0 Å². The van der Waals surface area contributed by atoms with Crippen LogP contribution in [0.15, 0.2) is 83.8 Å². The van der Waals surface area contributed by atoms with E-state index in [1.54, 1.807) is 60.3 Å². The van der Waals surface area contributed by atoms with Crippen molar-refractivity contribution in [1.29, 1.82) is 5.26 Å². The van der Waals surface area contributed by atoms with Gasteiger partial charge in [-0.2, -0.15) is 10.4 Å². The van der Waals surface area contributed by atoms with E-state index in [9.17, 15) is 14.4 Å². The molecule has 3 aromatic carbocycles. The molecule has 0 atom stereocenters. The number of aryl methyl sites for hydroxylation is 1. The standard InChI is InChI=1S/C27H18FN5O/c1-17-11-12-18(14-23(17)28)25-20(16-33(32-25)21-7-3-2-4-8-21)13-19(15-29)26-30-24-10-6-5-9-22(24)27(34)31-26/h2-14,16H,1H3,(H,30,31,34)/b19-13+. The normalized spacial score (nSPS) is 11.5. The van der Waals surface area contributed by atoms with Crippen molar-refractivity contribution in [2.75, 3.05) is 0 Å². The second-order valence-electron chi connectivity index (χ2n) is 7.78. The van der Waals surface area contributed by atoms with E-state index in [1.165, 1.54) is 6.07 Å². The zero-order chi connectivity index (χ0) is 23.7. The number of nitrogens with one attached hydrogen (secondary N) is 1. The van der Waals surface area contributed by atoms with Gasteiger partial charge < -0.3 is 4.98 Å². The lowest BCUT2D eigenvalue weighted by molar-refractivity contribution is 0.619. The fourth-order valence-electron chi connectivity index (χ4n) is 3.69. The summed E-state index contributed by atoms with van der Waals surface area (Å²) >= 11 is 0. The van der Waals surface area contributed by atoms with Crippen LogP contribution in [0.25, 0.3) is 39.5 Å². The number of aromatic amines is 1. The van der Waals surface area contributed by atoms with Crippen LogP contribution in [0.4, 0.5) is 4.39 Å². The molecule has 5 aromatic rings. The molecule has 0 aliphatic heterocycles. The molecule has 0 saturated heterocycles. The van der Waals surface area contributed by atoms with Crippen molar-refractivity contribution in [3.05, 3.63) is 112 Å². The Labute approximate surface area is 194 Å². The summed E-state index contributed by atoms with van der Waals surface area (Å²) < 4.78 is 16.0. The van der Waals surface area contributed by atoms with Crippen LogP contribution < -0.4 is 5.56 Å². The van der Waals surface area contributed by atoms with Crippen LogP contribution in [0.1, 0.15) is 17.0 Å². The first-order chi connectivity index (χ1) is 16.5. The molecule has 164 valence electrons. The number of para-hydroxylation sites is 2. The number of nitrogens with zero attached hydrogens (tertiary/aromatic N) is 4. The minimum atomic E-state index is -0.345. The van der Waals surface area contributed by atoms with Gasteiger partial charge in [0, 0.05) is 17.3 Å². The van der Waals surface area contributed by atoms with E-state index in [0.29, 0.717) is 33.3 Å². The first-order valence-corrected chi connectivity index (χ1v) is 10.6. The fourth-order valence-corrected chi connectivity index (χ4v) is 3.69. The third kappa shape index (κ3) is 3.89. The highest BCUT2D eigenvalue weighted by Crippen LogP contribution is 2.28. The molecule has 0 aliphatic rings. The molecule has 0 radical (unpaired) electrons. The van der Waals surface area contributed by atoms with Gasteiger partial charge in [-0.1, -0.05) is 42.5 Å². The molecule has 2 aromatic heterocycles. The highest BCUT2D eigenvalue weighted by molar-refractivity contribution is 5.91. The molecule has 0 fully saturated rings. The van der Waals surface area contributed by atoms with E-state index >= 15 is 0 Å². The Morgan fingerprint density at radius 1 is 1.09 bits per heavy atom. The first kappa shape index (κ1) is 21.0. The largest absolute Gasteiger partial charge is 0.305 e. The van der Waals surface area contributed by atoms with E-state index in [2.05, 4.69) is 21.1 Å². The van der Waals surface area contributed by atoms with Crippen molar-refractivity contribution in [2.24, 2.45) is 0 Å². The monoisotopic (exact) mass is 447 g/mol. The van der Waals surface area contributed by atoms with Crippen molar-refractivity contribution < 1.29 is 4.39 Å². The highest BCUT2D eigenvalue weighted by Gasteiger charge is 2.15. The number of halogens is 1. The Balaban J connectivity index is 1.70. The average molecular weight is 447 g/mol. The van der Waals surface area contributed by atoms with Gasteiger partial charge in [0.2, 0.25) is 0 Å². The average Bonchev–Trinajstić information content (AvgIpc) is 3.28. The van der Waals surface area contributed by atoms with E-state index in [1.807, 2.05) is 30.3 Å². The molecular formula is C27H18FN5O. The Morgan fingerprint density at radius 2 is 1.85 bits per heavy atom. The van der Waals surface area contributed by atoms with Gasteiger partial charge in [-0.3, -0.25) is 4.79 Å². The van der Waals surface area contributed by atoms with Crippen molar-refractivity contribution in [3.8, 4) is 23.0 Å². The molecule has 0 saturated carbocycles. The topological polar surface area (TPSA) is 87.4 Å². The maximum atomic E-state index is 14.4. The fraction of sp³-hybridized carbons (Fsp3) is 0.0370. The van der Waals surface area contributed by atoms with Gasteiger partial charge in [-0.15, -0.1) is 0 Å². The van der Waals surface area contributed by atoms with Crippen LogP contribution in [0, 0.1) is 24.1 Å². The van der Waals surface area contributed by atoms with Gasteiger partial charge >= 0.3 is 0 Å². The van der Waals surface area contributed by atoms with Gasteiger partial charge in [0.15, 0.2) is 5.82 Å². The molecule has 2 heterocycles. The quantitative estimate of drug-likeness (QED) is 0.379. The molecule has 1 N–H and O–H groups in total. The molecule has 0 aliphatic carbocycles. The Morgan fingerprint density at radius 3 is 2.62 bits per heavy atom. The summed E-state index contributed by atoms with van der Waals surface area (Å²) in [6, 6.07) is 23.4. The summed E-state index contributed by atoms with van der Waals surface area (Å²) in [5.41, 5.74) is 3.31. The molecule has 6 nitrogen and oxygen atoms in total. The Kier molecular flexibility index (Phi) is 5.32. The number of rotatable bonds is 4. The van der Waals surface area contributed by atoms with Crippen molar-refractivity contribution in [3.63, 3.8) is 0 Å². The van der Waals surface area contributed by atoms with Gasteiger partial charge in [0.05, 0.1) is 22.2 Å². The smallest absolute Gasteiger partial charge is 0.259 e. The van der Waals surface area contributed by atoms with Crippen LogP contribution >= 0.6 is 0 Å². The van der Waals surface area contributed by atoms with E-state index in [4.69, 9.17) is 0 Å². The summed E-state index contributed by atoms with van der Waals surface area (Å²) in [7, 11) is 0. The zero-order valence-electron chi connectivity index (χ0n) is 18.2. The third-order valence-corrected chi connectivity index (χ3v) is 5.50. The minimum Gasteiger partial charge on any atom is -0.305 e. The molecular weight excluding hydrogens is 429 g/mol. The number of allylic oxidation sites excluding steroid dienone is 1. The van der Waals surface area contributed by atoms with Gasteiger partial charge in [-0.25, -0.2) is 14.1 Å². The maximum Gasteiger partial charge on any atom is 0.259 e. The summed E-state index contributed by atoms with van der Waals surface area (Å²) in [4.78, 5) is 19.7. The van der Waals surface area contributed by atoms with Crippen LogP contribution in [0.5, 0.6) is 0 Å². The summed E-state index contributed by atoms with van der Waals surface area (Å²) in [5.74, 6) is -0.192. The minimum absolute atomic E-state index is 0.152. The summed E-state index contributed by atoms with van der Waals surface area (Å²) in [5, 5.41) is 15.0. The molecule has 0 spiro atoms. The lowest BCUT2D eigenvalue weighted by Crippen LogP contribution is -2.11. The van der Waals surface area contributed by atoms with E-state index < -0.39 is 0 Å². The predicted molar refractivity (Wildman–Crippen MR) is 130 cm³/mol. The molecule has 0 amide bonds. The molecule has 7 heteroatoms. The van der Waals surface area contributed by atoms with Crippen LogP contribution in [-0.4, -0.2) is 19.7 Å². The van der Waals surface area contributed by atoms with Crippen molar-refractivity contribution in [2.45, 2.75) is 6.92 Å². The number of H-pyrrole nitrogens is 1. The SMILES string of the molecule is Cc1ccc(-c2nn(-c3ccccc3)cc2/C=C(\C#N)c2nc3ccccc3c(=O)[nH]2)cc1F. The van der Waals surface area contributed by atoms with Crippen LogP contribution in [0.2, 0.25) is 0 Å². The molecule has 5 rings (SSSR count). The van der Waals surface area contributed by atoms with Crippen molar-refractivity contribution in [1.82, 2.24) is 19.7 Å². The number of benzene rings is 3. The number of fused-ring (bicyclic) bond motifs is 1. The number of hydrogen-bond acceptors (Lipinski definition) is 4. The molecule has 0 unspecified atom stereocenters. The van der Waals surface area contributed by atoms with Crippen molar-refractivity contribution >= 4 is 22.6 Å². The van der Waals surface area contributed by atoms with E-state index in [0.717, 1.165) is 5.69 Å². The Hall–Kier alpha value is -4.83. The van der Waals surface area contributed by atoms with E-state index in [-0.39, 0.29) is 22.8 Å². The number of aromatic nitrogens is 4. The maximum absolute atomic E-state index is 14.4.